The molecule has 0 fully saturated rings. The zero-order valence-corrected chi connectivity index (χ0v) is 29.0. The molecule has 0 saturated carbocycles. The average molecular weight is 667 g/mol. The van der Waals surface area contributed by atoms with Gasteiger partial charge in [-0.3, -0.25) is 4.98 Å². The van der Waals surface area contributed by atoms with Crippen molar-refractivity contribution in [1.29, 1.82) is 0 Å². The highest BCUT2D eigenvalue weighted by Crippen LogP contribution is 2.39. The van der Waals surface area contributed by atoms with E-state index in [0.717, 1.165) is 55.9 Å². The molecule has 9 aromatic rings. The second-order valence-corrected chi connectivity index (χ2v) is 13.2. The summed E-state index contributed by atoms with van der Waals surface area (Å²) in [6.45, 7) is 4.11. The Bertz CT molecular complexity index is 2740. The van der Waals surface area contributed by atoms with Gasteiger partial charge in [0.1, 0.15) is 0 Å². The smallest absolute Gasteiger partial charge is 0.164 e. The third-order valence-electron chi connectivity index (χ3n) is 9.72. The number of hydrogen-bond donors (Lipinski definition) is 0. The maximum Gasteiger partial charge on any atom is 0.164 e. The Morgan fingerprint density at radius 1 is 0.308 bits per heavy atom. The molecular formula is C48H34N4. The van der Waals surface area contributed by atoms with Crippen molar-refractivity contribution in [3.8, 4) is 67.5 Å². The molecule has 4 nitrogen and oxygen atoms in total. The first-order valence-electron chi connectivity index (χ1n) is 17.6. The fourth-order valence-corrected chi connectivity index (χ4v) is 7.15. The molecule has 0 unspecified atom stereocenters. The second-order valence-electron chi connectivity index (χ2n) is 13.2. The van der Waals surface area contributed by atoms with Gasteiger partial charge in [0.05, 0.1) is 0 Å². The Kier molecular flexibility index (Phi) is 7.90. The highest BCUT2D eigenvalue weighted by molar-refractivity contribution is 6.14. The predicted octanol–water partition coefficient (Wildman–Crippen LogP) is 12.2. The molecular weight excluding hydrogens is 633 g/mol. The van der Waals surface area contributed by atoms with Gasteiger partial charge in [0.2, 0.25) is 0 Å². The lowest BCUT2D eigenvalue weighted by atomic mass is 9.90. The fraction of sp³-hybridized carbons (Fsp3) is 0.0417. The molecule has 2 aromatic heterocycles. The van der Waals surface area contributed by atoms with Crippen LogP contribution in [-0.4, -0.2) is 19.9 Å². The highest BCUT2D eigenvalue weighted by Gasteiger charge is 2.17. The Hall–Kier alpha value is -6.78. The maximum absolute atomic E-state index is 5.18. The third kappa shape index (κ3) is 5.91. The number of rotatable bonds is 6. The Morgan fingerprint density at radius 3 is 1.46 bits per heavy atom. The van der Waals surface area contributed by atoms with E-state index in [-0.39, 0.29) is 0 Å². The lowest BCUT2D eigenvalue weighted by molar-refractivity contribution is 1.07. The molecule has 7 aromatic carbocycles. The van der Waals surface area contributed by atoms with Crippen LogP contribution in [0.1, 0.15) is 11.4 Å². The van der Waals surface area contributed by atoms with Crippen molar-refractivity contribution in [2.45, 2.75) is 13.8 Å². The molecule has 2 heterocycles. The van der Waals surface area contributed by atoms with Gasteiger partial charge < -0.3 is 0 Å². The van der Waals surface area contributed by atoms with Crippen LogP contribution in [0.4, 0.5) is 0 Å². The Labute approximate surface area is 303 Å². The van der Waals surface area contributed by atoms with E-state index in [0.29, 0.717) is 17.5 Å². The summed E-state index contributed by atoms with van der Waals surface area (Å²) in [6.07, 6.45) is 0. The lowest BCUT2D eigenvalue weighted by Gasteiger charge is -2.16. The molecule has 0 saturated heterocycles. The molecule has 246 valence electrons. The van der Waals surface area contributed by atoms with Crippen LogP contribution in [0, 0.1) is 13.8 Å². The molecule has 52 heavy (non-hydrogen) atoms. The summed E-state index contributed by atoms with van der Waals surface area (Å²) in [6, 6.07) is 59.5. The van der Waals surface area contributed by atoms with E-state index in [9.17, 15) is 0 Å². The van der Waals surface area contributed by atoms with E-state index in [1.807, 2.05) is 43.3 Å². The Balaban J connectivity index is 1.28. The van der Waals surface area contributed by atoms with Gasteiger partial charge in [-0.2, -0.15) is 0 Å². The fourth-order valence-electron chi connectivity index (χ4n) is 7.15. The molecule has 0 N–H and O–H groups in total. The van der Waals surface area contributed by atoms with Crippen molar-refractivity contribution in [3.63, 3.8) is 0 Å². The zero-order chi connectivity index (χ0) is 35.0. The van der Waals surface area contributed by atoms with Crippen LogP contribution in [0.15, 0.2) is 170 Å². The van der Waals surface area contributed by atoms with Gasteiger partial charge in [0, 0.05) is 33.6 Å². The van der Waals surface area contributed by atoms with Gasteiger partial charge in [-0.1, -0.05) is 140 Å². The minimum absolute atomic E-state index is 0.613. The minimum atomic E-state index is 0.613. The summed E-state index contributed by atoms with van der Waals surface area (Å²) < 4.78 is 0. The van der Waals surface area contributed by atoms with E-state index in [1.54, 1.807) is 0 Å². The van der Waals surface area contributed by atoms with Gasteiger partial charge in [-0.15, -0.1) is 0 Å². The van der Waals surface area contributed by atoms with Crippen LogP contribution < -0.4 is 0 Å². The van der Waals surface area contributed by atoms with Crippen molar-refractivity contribution in [2.24, 2.45) is 0 Å². The topological polar surface area (TPSA) is 51.6 Å². The summed E-state index contributed by atoms with van der Waals surface area (Å²) in [4.78, 5) is 20.2. The van der Waals surface area contributed by atoms with Crippen molar-refractivity contribution >= 4 is 21.5 Å². The summed E-state index contributed by atoms with van der Waals surface area (Å²) in [5, 5.41) is 4.86. The van der Waals surface area contributed by atoms with Gasteiger partial charge in [-0.05, 0) is 93.5 Å². The van der Waals surface area contributed by atoms with Crippen LogP contribution in [0.25, 0.3) is 89.1 Å². The largest absolute Gasteiger partial charge is 0.258 e. The summed E-state index contributed by atoms with van der Waals surface area (Å²) >= 11 is 0. The van der Waals surface area contributed by atoms with Gasteiger partial charge in [-0.25, -0.2) is 15.0 Å². The SMILES string of the molecule is Cc1ccc(-c2cc(-c3nc(-c4ccccc4)nc(-c4ccc(-c5ccccc5)cc4)n3)cc(-c3cc4ccccc4c4ccccc34)c2)c(C)n1. The molecule has 0 aliphatic carbocycles. The van der Waals surface area contributed by atoms with Crippen molar-refractivity contribution in [1.82, 2.24) is 19.9 Å². The van der Waals surface area contributed by atoms with Crippen LogP contribution >= 0.6 is 0 Å². The number of benzene rings is 7. The van der Waals surface area contributed by atoms with Crippen molar-refractivity contribution < 1.29 is 0 Å². The van der Waals surface area contributed by atoms with E-state index in [2.05, 4.69) is 140 Å². The molecule has 0 amide bonds. The number of fused-ring (bicyclic) bond motifs is 3. The first kappa shape index (κ1) is 31.2. The first-order chi connectivity index (χ1) is 25.6. The molecule has 0 radical (unpaired) electrons. The lowest BCUT2D eigenvalue weighted by Crippen LogP contribution is -2.01. The molecule has 0 spiro atoms. The predicted molar refractivity (Wildman–Crippen MR) is 215 cm³/mol. The van der Waals surface area contributed by atoms with Gasteiger partial charge >= 0.3 is 0 Å². The third-order valence-corrected chi connectivity index (χ3v) is 9.72. The number of hydrogen-bond acceptors (Lipinski definition) is 4. The van der Waals surface area contributed by atoms with E-state index in [1.165, 1.54) is 27.1 Å². The number of aromatic nitrogens is 4. The number of nitrogens with zero attached hydrogens (tertiary/aromatic N) is 4. The molecule has 0 bridgehead atoms. The Morgan fingerprint density at radius 2 is 0.788 bits per heavy atom. The normalized spacial score (nSPS) is 11.3. The van der Waals surface area contributed by atoms with Crippen LogP contribution in [0.5, 0.6) is 0 Å². The molecule has 4 heteroatoms. The van der Waals surface area contributed by atoms with Crippen LogP contribution in [-0.2, 0) is 0 Å². The highest BCUT2D eigenvalue weighted by atomic mass is 15.0. The van der Waals surface area contributed by atoms with Crippen molar-refractivity contribution in [3.05, 3.63) is 181 Å². The summed E-state index contributed by atoms with van der Waals surface area (Å²) in [7, 11) is 0. The molecule has 9 rings (SSSR count). The quantitative estimate of drug-likeness (QED) is 0.166. The monoisotopic (exact) mass is 666 g/mol. The molecule has 0 aliphatic heterocycles. The van der Waals surface area contributed by atoms with E-state index in [4.69, 9.17) is 19.9 Å². The number of pyridine rings is 1. The standard InChI is InChI=1S/C48H34N4/c1-31-21-26-41(32(2)49-31)38-27-39(45-30-37-17-9-10-18-42(37)43-19-11-12-20-44(43)45)29-40(28-38)48-51-46(35-15-7-4-8-16-35)50-47(52-48)36-24-22-34(23-25-36)33-13-5-3-6-14-33/h3-30H,1-2H3. The number of aryl methyl sites for hydroxylation is 2. The maximum atomic E-state index is 5.18. The summed E-state index contributed by atoms with van der Waals surface area (Å²) in [5.41, 5.74) is 11.4. The van der Waals surface area contributed by atoms with Crippen LogP contribution in [0.3, 0.4) is 0 Å². The van der Waals surface area contributed by atoms with Gasteiger partial charge in [0.25, 0.3) is 0 Å². The zero-order valence-electron chi connectivity index (χ0n) is 29.0. The van der Waals surface area contributed by atoms with E-state index >= 15 is 0 Å². The minimum Gasteiger partial charge on any atom is -0.258 e. The second kappa shape index (κ2) is 13.2. The first-order valence-corrected chi connectivity index (χ1v) is 17.6. The van der Waals surface area contributed by atoms with E-state index < -0.39 is 0 Å². The van der Waals surface area contributed by atoms with Crippen LogP contribution in [0.2, 0.25) is 0 Å². The van der Waals surface area contributed by atoms with Gasteiger partial charge in [0.15, 0.2) is 17.5 Å². The molecule has 0 aliphatic rings. The molecule has 0 atom stereocenters. The van der Waals surface area contributed by atoms with Crippen molar-refractivity contribution in [2.75, 3.05) is 0 Å². The average Bonchev–Trinajstić information content (AvgIpc) is 3.21. The summed E-state index contributed by atoms with van der Waals surface area (Å²) in [5.74, 6) is 1.87.